The van der Waals surface area contributed by atoms with Gasteiger partial charge >= 0.3 is 6.09 Å². The molecule has 1 aliphatic heterocycles. The largest absolute Gasteiger partial charge is 0.444 e. The molecule has 22 heavy (non-hydrogen) atoms. The molecular weight excluding hydrogens is 350 g/mol. The number of aromatic nitrogens is 2. The number of hydrogen-bond acceptors (Lipinski definition) is 4. The van der Waals surface area contributed by atoms with E-state index in [4.69, 9.17) is 4.74 Å². The molecule has 1 saturated carbocycles. The highest BCUT2D eigenvalue weighted by molar-refractivity contribution is 9.10. The summed E-state index contributed by atoms with van der Waals surface area (Å²) in [5.74, 6) is 0.887. The molecule has 3 atom stereocenters. The lowest BCUT2D eigenvalue weighted by Crippen LogP contribution is -2.53. The molecule has 1 N–H and O–H groups in total. The van der Waals surface area contributed by atoms with Crippen LogP contribution in [0.15, 0.2) is 10.8 Å². The number of nitrogens with zero attached hydrogens (tertiary/aromatic N) is 3. The molecule has 122 valence electrons. The number of fused-ring (bicyclic) bond motifs is 2. The summed E-state index contributed by atoms with van der Waals surface area (Å²) >= 11 is 3.34. The predicted molar refractivity (Wildman–Crippen MR) is 84.3 cm³/mol. The number of ether oxygens (including phenoxy) is 1. The summed E-state index contributed by atoms with van der Waals surface area (Å²) in [6.45, 7) is 6.19. The van der Waals surface area contributed by atoms with Crippen molar-refractivity contribution in [2.75, 3.05) is 6.54 Å². The Morgan fingerprint density at radius 3 is 2.73 bits per heavy atom. The summed E-state index contributed by atoms with van der Waals surface area (Å²) < 4.78 is 7.98. The highest BCUT2D eigenvalue weighted by Crippen LogP contribution is 2.50. The van der Waals surface area contributed by atoms with Gasteiger partial charge in [-0.15, -0.1) is 0 Å². The van der Waals surface area contributed by atoms with Crippen molar-refractivity contribution in [1.29, 1.82) is 0 Å². The van der Waals surface area contributed by atoms with Gasteiger partial charge in [0.05, 0.1) is 6.04 Å². The Balaban J connectivity index is 1.87. The number of aryl methyl sites for hydroxylation is 1. The molecule has 2 bridgehead atoms. The summed E-state index contributed by atoms with van der Waals surface area (Å²) in [5.41, 5.74) is -1.65. The van der Waals surface area contributed by atoms with Crippen LogP contribution >= 0.6 is 15.9 Å². The molecule has 0 radical (unpaired) electrons. The SMILES string of the molecule is Cn1cc(Br)nc1C1(O)CC2CC1N(C(=O)OC(C)(C)C)C2. The first-order chi connectivity index (χ1) is 10.1. The Kier molecular flexibility index (Phi) is 3.56. The Labute approximate surface area is 138 Å². The van der Waals surface area contributed by atoms with Crippen molar-refractivity contribution in [3.63, 3.8) is 0 Å². The Hall–Kier alpha value is -1.08. The van der Waals surface area contributed by atoms with Crippen molar-refractivity contribution in [1.82, 2.24) is 14.5 Å². The maximum absolute atomic E-state index is 12.4. The van der Waals surface area contributed by atoms with Crippen LogP contribution in [0.1, 0.15) is 39.4 Å². The molecular formula is C15H22BrN3O3. The quantitative estimate of drug-likeness (QED) is 0.822. The van der Waals surface area contributed by atoms with E-state index in [9.17, 15) is 9.90 Å². The van der Waals surface area contributed by atoms with Crippen LogP contribution in [-0.2, 0) is 17.4 Å². The monoisotopic (exact) mass is 371 g/mol. The summed E-state index contributed by atoms with van der Waals surface area (Å²) in [6.07, 6.45) is 2.89. The number of imidazole rings is 1. The second kappa shape index (κ2) is 4.96. The van der Waals surface area contributed by atoms with Gasteiger partial charge in [-0.2, -0.15) is 0 Å². The van der Waals surface area contributed by atoms with Crippen LogP contribution in [0.4, 0.5) is 4.79 Å². The van der Waals surface area contributed by atoms with E-state index >= 15 is 0 Å². The molecule has 1 aliphatic carbocycles. The van der Waals surface area contributed by atoms with Crippen molar-refractivity contribution in [3.8, 4) is 0 Å². The predicted octanol–water partition coefficient (Wildman–Crippen LogP) is 2.40. The molecule has 6 nitrogen and oxygen atoms in total. The smallest absolute Gasteiger partial charge is 0.410 e. The van der Waals surface area contributed by atoms with Gasteiger partial charge in [-0.3, -0.25) is 0 Å². The molecule has 2 aliphatic rings. The van der Waals surface area contributed by atoms with E-state index in [1.807, 2.05) is 38.6 Å². The van der Waals surface area contributed by atoms with Gasteiger partial charge in [0.2, 0.25) is 0 Å². The zero-order valence-electron chi connectivity index (χ0n) is 13.3. The van der Waals surface area contributed by atoms with E-state index in [0.29, 0.717) is 23.4 Å². The first kappa shape index (κ1) is 15.8. The van der Waals surface area contributed by atoms with Crippen molar-refractivity contribution in [2.45, 2.75) is 50.9 Å². The normalized spacial score (nSPS) is 30.9. The number of piperidine rings is 1. The molecule has 1 aromatic rings. The summed E-state index contributed by atoms with van der Waals surface area (Å²) in [7, 11) is 1.86. The molecule has 7 heteroatoms. The zero-order chi connectivity index (χ0) is 16.3. The number of amides is 1. The molecule has 1 amide bonds. The maximum atomic E-state index is 12.4. The van der Waals surface area contributed by atoms with Gasteiger partial charge in [0, 0.05) is 19.8 Å². The van der Waals surface area contributed by atoms with Crippen LogP contribution in [0.2, 0.25) is 0 Å². The fraction of sp³-hybridized carbons (Fsp3) is 0.733. The number of carbonyl (C=O) groups is 1. The van der Waals surface area contributed by atoms with Gasteiger partial charge in [0.1, 0.15) is 21.6 Å². The standard InChI is InChI=1S/C15H22BrN3O3/c1-14(2,3)22-13(20)19-7-9-5-10(19)15(21,6-9)12-17-11(16)8-18(12)4/h8-10,21H,5-7H2,1-4H3. The van der Waals surface area contributed by atoms with Crippen molar-refractivity contribution >= 4 is 22.0 Å². The van der Waals surface area contributed by atoms with Crippen LogP contribution in [-0.4, -0.2) is 43.8 Å². The third-order valence-electron chi connectivity index (χ3n) is 4.40. The van der Waals surface area contributed by atoms with Gasteiger partial charge in [0.25, 0.3) is 0 Å². The highest BCUT2D eigenvalue weighted by Gasteiger charge is 2.59. The van der Waals surface area contributed by atoms with Gasteiger partial charge in [-0.05, 0) is 55.5 Å². The van der Waals surface area contributed by atoms with Gasteiger partial charge in [0.15, 0.2) is 0 Å². The molecule has 1 aromatic heterocycles. The van der Waals surface area contributed by atoms with Crippen molar-refractivity contribution in [2.24, 2.45) is 13.0 Å². The summed E-state index contributed by atoms with van der Waals surface area (Å²) in [6, 6.07) is -0.277. The average Bonchev–Trinajstić information content (AvgIpc) is 2.99. The summed E-state index contributed by atoms with van der Waals surface area (Å²) in [5, 5.41) is 11.2. The first-order valence-corrected chi connectivity index (χ1v) is 8.31. The van der Waals surface area contributed by atoms with E-state index in [0.717, 1.165) is 6.42 Å². The maximum Gasteiger partial charge on any atom is 0.410 e. The van der Waals surface area contributed by atoms with Crippen molar-refractivity contribution < 1.29 is 14.6 Å². The van der Waals surface area contributed by atoms with Crippen LogP contribution in [0.3, 0.4) is 0 Å². The topological polar surface area (TPSA) is 67.6 Å². The van der Waals surface area contributed by atoms with Gasteiger partial charge in [-0.25, -0.2) is 9.78 Å². The van der Waals surface area contributed by atoms with E-state index in [2.05, 4.69) is 20.9 Å². The minimum atomic E-state index is -1.11. The Morgan fingerprint density at radius 1 is 1.55 bits per heavy atom. The number of hydrogen-bond donors (Lipinski definition) is 1. The Morgan fingerprint density at radius 2 is 2.23 bits per heavy atom. The van der Waals surface area contributed by atoms with E-state index in [-0.39, 0.29) is 18.1 Å². The van der Waals surface area contributed by atoms with Crippen LogP contribution in [0.25, 0.3) is 0 Å². The second-order valence-electron chi connectivity index (χ2n) is 7.38. The lowest BCUT2D eigenvalue weighted by atomic mass is 9.92. The minimum absolute atomic E-state index is 0.277. The number of likely N-dealkylation sites (tertiary alicyclic amines) is 1. The molecule has 1 saturated heterocycles. The third-order valence-corrected chi connectivity index (χ3v) is 4.78. The Bertz CT molecular complexity index is 610. The highest BCUT2D eigenvalue weighted by atomic mass is 79.9. The number of aliphatic hydroxyl groups is 1. The van der Waals surface area contributed by atoms with E-state index < -0.39 is 11.2 Å². The third kappa shape index (κ3) is 2.54. The number of rotatable bonds is 1. The molecule has 3 unspecified atom stereocenters. The van der Waals surface area contributed by atoms with Crippen LogP contribution in [0, 0.1) is 5.92 Å². The van der Waals surface area contributed by atoms with Crippen molar-refractivity contribution in [3.05, 3.63) is 16.6 Å². The molecule has 2 heterocycles. The lowest BCUT2D eigenvalue weighted by molar-refractivity contribution is -0.0637. The van der Waals surface area contributed by atoms with Gasteiger partial charge < -0.3 is 19.3 Å². The fourth-order valence-electron chi connectivity index (χ4n) is 3.69. The van der Waals surface area contributed by atoms with Crippen LogP contribution < -0.4 is 0 Å². The van der Waals surface area contributed by atoms with Crippen LogP contribution in [0.5, 0.6) is 0 Å². The molecule has 3 rings (SSSR count). The van der Waals surface area contributed by atoms with Gasteiger partial charge in [-0.1, -0.05) is 0 Å². The first-order valence-electron chi connectivity index (χ1n) is 7.51. The minimum Gasteiger partial charge on any atom is -0.444 e. The van der Waals surface area contributed by atoms with E-state index in [1.54, 1.807) is 4.90 Å². The average molecular weight is 372 g/mol. The summed E-state index contributed by atoms with van der Waals surface area (Å²) in [4.78, 5) is 18.5. The number of carbonyl (C=O) groups excluding carboxylic acids is 1. The molecule has 0 spiro atoms. The fourth-order valence-corrected chi connectivity index (χ4v) is 4.17. The second-order valence-corrected chi connectivity index (χ2v) is 8.19. The number of halogens is 1. The van der Waals surface area contributed by atoms with E-state index in [1.165, 1.54) is 0 Å². The zero-order valence-corrected chi connectivity index (χ0v) is 14.9. The lowest BCUT2D eigenvalue weighted by Gasteiger charge is -2.39. The molecule has 2 fully saturated rings. The molecule has 0 aromatic carbocycles.